The third kappa shape index (κ3) is 4.27. The smallest absolute Gasteiger partial charge is 0.257 e. The van der Waals surface area contributed by atoms with Crippen molar-refractivity contribution < 1.29 is 9.18 Å². The van der Waals surface area contributed by atoms with Crippen LogP contribution in [0.2, 0.25) is 0 Å². The van der Waals surface area contributed by atoms with Gasteiger partial charge in [-0.15, -0.1) is 0 Å². The van der Waals surface area contributed by atoms with Gasteiger partial charge in [0, 0.05) is 48.0 Å². The zero-order valence-corrected chi connectivity index (χ0v) is 16.0. The fraction of sp³-hybridized carbons (Fsp3) is 0.130. The number of aromatic nitrogens is 1. The van der Waals surface area contributed by atoms with E-state index in [1.807, 2.05) is 43.3 Å². The molecule has 3 N–H and O–H groups in total. The van der Waals surface area contributed by atoms with Gasteiger partial charge in [0.25, 0.3) is 5.91 Å². The van der Waals surface area contributed by atoms with Gasteiger partial charge in [-0.25, -0.2) is 4.39 Å². The monoisotopic (exact) mass is 388 g/mol. The molecule has 146 valence electrons. The van der Waals surface area contributed by atoms with Gasteiger partial charge in [-0.1, -0.05) is 6.07 Å². The highest BCUT2D eigenvalue weighted by atomic mass is 19.1. The van der Waals surface area contributed by atoms with Gasteiger partial charge in [-0.3, -0.25) is 9.78 Å². The minimum absolute atomic E-state index is 0.248. The molecule has 1 aliphatic heterocycles. The molecule has 1 aliphatic rings. The molecule has 2 heterocycles. The van der Waals surface area contributed by atoms with Crippen LogP contribution in [-0.4, -0.2) is 17.4 Å². The Morgan fingerprint density at radius 2 is 2.03 bits per heavy atom. The standard InChI is InChI=1S/C23H21FN4O/c1-15-12-18(6-8-21(15)26-11-9-17-4-2-3-10-25-17)27-14-20-19-7-5-16(24)13-22(19)28-23(20)29/h2-8,10,12-14,26-27H,9,11H2,1H3,(H,28,29). The minimum Gasteiger partial charge on any atom is -0.384 e. The van der Waals surface area contributed by atoms with E-state index in [4.69, 9.17) is 0 Å². The molecule has 0 atom stereocenters. The second kappa shape index (κ2) is 8.14. The zero-order chi connectivity index (χ0) is 20.2. The Balaban J connectivity index is 1.41. The predicted octanol–water partition coefficient (Wildman–Crippen LogP) is 4.59. The number of nitrogens with zero attached hydrogens (tertiary/aromatic N) is 1. The summed E-state index contributed by atoms with van der Waals surface area (Å²) in [4.78, 5) is 16.5. The summed E-state index contributed by atoms with van der Waals surface area (Å²) in [6.45, 7) is 2.82. The van der Waals surface area contributed by atoms with E-state index < -0.39 is 0 Å². The quantitative estimate of drug-likeness (QED) is 0.541. The van der Waals surface area contributed by atoms with E-state index in [2.05, 4.69) is 20.9 Å². The first-order valence-corrected chi connectivity index (χ1v) is 9.42. The van der Waals surface area contributed by atoms with Crippen LogP contribution in [0.25, 0.3) is 5.57 Å². The number of hydrogen-bond donors (Lipinski definition) is 3. The summed E-state index contributed by atoms with van der Waals surface area (Å²) in [5, 5.41) is 9.28. The molecule has 0 bridgehead atoms. The summed E-state index contributed by atoms with van der Waals surface area (Å²) in [5.41, 5.74) is 5.73. The number of nitrogens with one attached hydrogen (secondary N) is 3. The second-order valence-corrected chi connectivity index (χ2v) is 6.87. The third-order valence-electron chi connectivity index (χ3n) is 4.80. The van der Waals surface area contributed by atoms with Crippen molar-refractivity contribution in [3.05, 3.63) is 89.6 Å². The number of rotatable bonds is 6. The van der Waals surface area contributed by atoms with E-state index in [1.165, 1.54) is 12.1 Å². The van der Waals surface area contributed by atoms with Gasteiger partial charge in [0.1, 0.15) is 5.82 Å². The Hall–Kier alpha value is -3.67. The van der Waals surface area contributed by atoms with Gasteiger partial charge >= 0.3 is 0 Å². The van der Waals surface area contributed by atoms with Crippen molar-refractivity contribution in [2.75, 3.05) is 22.5 Å². The maximum absolute atomic E-state index is 13.3. The van der Waals surface area contributed by atoms with E-state index in [-0.39, 0.29) is 11.7 Å². The average molecular weight is 388 g/mol. The fourth-order valence-corrected chi connectivity index (χ4v) is 3.29. The van der Waals surface area contributed by atoms with Crippen molar-refractivity contribution in [3.8, 4) is 0 Å². The minimum atomic E-state index is -0.375. The second-order valence-electron chi connectivity index (χ2n) is 6.87. The normalized spacial score (nSPS) is 13.9. The van der Waals surface area contributed by atoms with Crippen molar-refractivity contribution in [1.29, 1.82) is 0 Å². The summed E-state index contributed by atoms with van der Waals surface area (Å²) in [6.07, 6.45) is 4.30. The molecule has 4 rings (SSSR count). The summed E-state index contributed by atoms with van der Waals surface area (Å²) in [6, 6.07) is 16.2. The predicted molar refractivity (Wildman–Crippen MR) is 114 cm³/mol. The van der Waals surface area contributed by atoms with Crippen LogP contribution >= 0.6 is 0 Å². The van der Waals surface area contributed by atoms with E-state index in [9.17, 15) is 9.18 Å². The first-order valence-electron chi connectivity index (χ1n) is 9.42. The maximum atomic E-state index is 13.3. The number of anilines is 3. The summed E-state index contributed by atoms with van der Waals surface area (Å²) >= 11 is 0. The number of fused-ring (bicyclic) bond motifs is 1. The van der Waals surface area contributed by atoms with Crippen LogP contribution in [0.5, 0.6) is 0 Å². The zero-order valence-electron chi connectivity index (χ0n) is 16.0. The lowest BCUT2D eigenvalue weighted by Gasteiger charge is -2.11. The van der Waals surface area contributed by atoms with E-state index in [0.717, 1.165) is 35.6 Å². The number of aryl methyl sites for hydroxylation is 1. The maximum Gasteiger partial charge on any atom is 0.257 e. The van der Waals surface area contributed by atoms with Crippen molar-refractivity contribution in [1.82, 2.24) is 4.98 Å². The lowest BCUT2D eigenvalue weighted by molar-refractivity contribution is -0.110. The van der Waals surface area contributed by atoms with Crippen LogP contribution in [0.15, 0.2) is 67.0 Å². The molecule has 0 fully saturated rings. The number of amides is 1. The Labute approximate surface area is 168 Å². The fourth-order valence-electron chi connectivity index (χ4n) is 3.29. The molecular weight excluding hydrogens is 367 g/mol. The number of hydrogen-bond acceptors (Lipinski definition) is 4. The SMILES string of the molecule is Cc1cc(NC=C2C(=O)Nc3cc(F)ccc32)ccc1NCCc1ccccn1. The molecule has 6 heteroatoms. The van der Waals surface area contributed by atoms with Gasteiger partial charge in [0.2, 0.25) is 0 Å². The van der Waals surface area contributed by atoms with Gasteiger partial charge in [-0.2, -0.15) is 0 Å². The lowest BCUT2D eigenvalue weighted by atomic mass is 10.1. The van der Waals surface area contributed by atoms with Crippen molar-refractivity contribution >= 4 is 28.5 Å². The van der Waals surface area contributed by atoms with Gasteiger partial charge in [0.05, 0.1) is 11.3 Å². The third-order valence-corrected chi connectivity index (χ3v) is 4.80. The summed E-state index contributed by atoms with van der Waals surface area (Å²) in [5.74, 6) is -0.623. The Morgan fingerprint density at radius 1 is 1.14 bits per heavy atom. The van der Waals surface area contributed by atoms with Crippen molar-refractivity contribution in [2.24, 2.45) is 0 Å². The van der Waals surface area contributed by atoms with Crippen molar-refractivity contribution in [3.63, 3.8) is 0 Å². The number of benzene rings is 2. The topological polar surface area (TPSA) is 66.1 Å². The van der Waals surface area contributed by atoms with Crippen LogP contribution in [0, 0.1) is 12.7 Å². The van der Waals surface area contributed by atoms with Gasteiger partial charge in [-0.05, 0) is 61.0 Å². The Kier molecular flexibility index (Phi) is 5.24. The molecule has 0 unspecified atom stereocenters. The molecule has 2 aromatic carbocycles. The lowest BCUT2D eigenvalue weighted by Crippen LogP contribution is -2.07. The average Bonchev–Trinajstić information content (AvgIpc) is 3.02. The highest BCUT2D eigenvalue weighted by molar-refractivity contribution is 6.31. The summed E-state index contributed by atoms with van der Waals surface area (Å²) < 4.78 is 13.3. The molecule has 0 aliphatic carbocycles. The van der Waals surface area contributed by atoms with Gasteiger partial charge in [0.15, 0.2) is 0 Å². The highest BCUT2D eigenvalue weighted by Gasteiger charge is 2.24. The van der Waals surface area contributed by atoms with Crippen LogP contribution in [-0.2, 0) is 11.2 Å². The molecule has 5 nitrogen and oxygen atoms in total. The molecule has 1 aromatic heterocycles. The van der Waals surface area contributed by atoms with E-state index in [1.54, 1.807) is 18.5 Å². The largest absolute Gasteiger partial charge is 0.384 e. The van der Waals surface area contributed by atoms with Crippen LogP contribution in [0.3, 0.4) is 0 Å². The molecule has 0 saturated carbocycles. The first-order chi connectivity index (χ1) is 14.1. The van der Waals surface area contributed by atoms with Gasteiger partial charge < -0.3 is 16.0 Å². The van der Waals surface area contributed by atoms with Crippen molar-refractivity contribution in [2.45, 2.75) is 13.3 Å². The molecule has 3 aromatic rings. The number of carbonyl (C=O) groups excluding carboxylic acids is 1. The molecule has 0 saturated heterocycles. The highest BCUT2D eigenvalue weighted by Crippen LogP contribution is 2.32. The Morgan fingerprint density at radius 3 is 2.83 bits per heavy atom. The molecule has 29 heavy (non-hydrogen) atoms. The van der Waals surface area contributed by atoms with E-state index in [0.29, 0.717) is 16.8 Å². The molecule has 1 amide bonds. The molecular formula is C23H21FN4O. The first kappa shape index (κ1) is 18.7. The van der Waals surface area contributed by atoms with E-state index >= 15 is 0 Å². The van der Waals surface area contributed by atoms with Crippen LogP contribution < -0.4 is 16.0 Å². The number of pyridine rings is 1. The van der Waals surface area contributed by atoms with Crippen LogP contribution in [0.1, 0.15) is 16.8 Å². The number of carbonyl (C=O) groups is 1. The summed E-state index contributed by atoms with van der Waals surface area (Å²) in [7, 11) is 0. The van der Waals surface area contributed by atoms with Crippen LogP contribution in [0.4, 0.5) is 21.5 Å². The molecule has 0 radical (unpaired) electrons. The number of halogens is 1. The Bertz CT molecular complexity index is 1080. The molecule has 0 spiro atoms.